The van der Waals surface area contributed by atoms with Crippen LogP contribution < -0.4 is 11.1 Å². The molecule has 2 rings (SSSR count). The minimum absolute atomic E-state index is 0.00238. The van der Waals surface area contributed by atoms with Crippen LogP contribution in [-0.2, 0) is 4.79 Å². The van der Waals surface area contributed by atoms with Gasteiger partial charge < -0.3 is 11.1 Å². The molecule has 0 aliphatic carbocycles. The molecule has 0 atom stereocenters. The molecule has 0 aromatic heterocycles. The van der Waals surface area contributed by atoms with E-state index >= 15 is 0 Å². The first-order chi connectivity index (χ1) is 8.38. The summed E-state index contributed by atoms with van der Waals surface area (Å²) in [6.07, 6.45) is 0. The van der Waals surface area contributed by atoms with Gasteiger partial charge in [0.1, 0.15) is 0 Å². The van der Waals surface area contributed by atoms with Crippen LogP contribution in [0, 0.1) is 5.41 Å². The molecule has 0 bridgehead atoms. The summed E-state index contributed by atoms with van der Waals surface area (Å²) in [6, 6.07) is 11.5. The molecule has 2 aromatic rings. The highest BCUT2D eigenvalue weighted by atomic mass is 16.2. The number of anilines is 2. The maximum Gasteiger partial charge on any atom is 0.229 e. The molecular weight excluding hydrogens is 224 g/mol. The summed E-state index contributed by atoms with van der Waals surface area (Å²) in [4.78, 5) is 12.0. The van der Waals surface area contributed by atoms with Crippen LogP contribution in [0.4, 0.5) is 11.4 Å². The second-order valence-corrected chi connectivity index (χ2v) is 5.49. The number of fused-ring (bicyclic) bond motifs is 1. The zero-order chi connectivity index (χ0) is 13.3. The van der Waals surface area contributed by atoms with E-state index in [0.717, 1.165) is 16.5 Å². The lowest BCUT2D eigenvalue weighted by atomic mass is 9.95. The van der Waals surface area contributed by atoms with E-state index in [-0.39, 0.29) is 5.91 Å². The molecule has 0 unspecified atom stereocenters. The molecule has 0 aliphatic heterocycles. The fraction of sp³-hybridized carbons (Fsp3) is 0.267. The Morgan fingerprint density at radius 3 is 2.56 bits per heavy atom. The number of nitrogens with one attached hydrogen (secondary N) is 1. The maximum atomic E-state index is 12.0. The first kappa shape index (κ1) is 12.4. The Hall–Kier alpha value is -2.03. The number of rotatable bonds is 1. The number of hydrogen-bond donors (Lipinski definition) is 2. The summed E-state index contributed by atoms with van der Waals surface area (Å²) in [7, 11) is 0. The Labute approximate surface area is 107 Å². The molecule has 1 amide bonds. The number of benzene rings is 2. The number of amides is 1. The van der Waals surface area contributed by atoms with Gasteiger partial charge in [0, 0.05) is 22.2 Å². The Morgan fingerprint density at radius 1 is 1.17 bits per heavy atom. The van der Waals surface area contributed by atoms with Crippen molar-refractivity contribution in [1.82, 2.24) is 0 Å². The van der Waals surface area contributed by atoms with E-state index in [9.17, 15) is 4.79 Å². The fourth-order valence-electron chi connectivity index (χ4n) is 1.71. The minimum atomic E-state index is -0.414. The van der Waals surface area contributed by atoms with Crippen LogP contribution in [0.25, 0.3) is 10.8 Å². The van der Waals surface area contributed by atoms with Crippen molar-refractivity contribution in [3.63, 3.8) is 0 Å². The van der Waals surface area contributed by atoms with Crippen LogP contribution in [0.15, 0.2) is 36.4 Å². The van der Waals surface area contributed by atoms with Crippen LogP contribution >= 0.6 is 0 Å². The molecule has 0 aliphatic rings. The van der Waals surface area contributed by atoms with Gasteiger partial charge in [-0.1, -0.05) is 39.0 Å². The summed E-state index contributed by atoms with van der Waals surface area (Å²) in [5.41, 5.74) is 6.88. The van der Waals surface area contributed by atoms with Crippen molar-refractivity contribution in [3.05, 3.63) is 36.4 Å². The van der Waals surface area contributed by atoms with Gasteiger partial charge in [-0.3, -0.25) is 4.79 Å². The first-order valence-electron chi connectivity index (χ1n) is 5.97. The Morgan fingerprint density at radius 2 is 1.89 bits per heavy atom. The zero-order valence-electron chi connectivity index (χ0n) is 10.9. The van der Waals surface area contributed by atoms with E-state index in [0.29, 0.717) is 5.69 Å². The molecule has 18 heavy (non-hydrogen) atoms. The van der Waals surface area contributed by atoms with Gasteiger partial charge in [0.2, 0.25) is 5.91 Å². The van der Waals surface area contributed by atoms with Gasteiger partial charge in [-0.05, 0) is 23.6 Å². The average molecular weight is 242 g/mol. The number of carbonyl (C=O) groups is 1. The van der Waals surface area contributed by atoms with Gasteiger partial charge in [-0.25, -0.2) is 0 Å². The molecule has 94 valence electrons. The van der Waals surface area contributed by atoms with Gasteiger partial charge in [0.15, 0.2) is 0 Å². The lowest BCUT2D eigenvalue weighted by molar-refractivity contribution is -0.123. The summed E-state index contributed by atoms with van der Waals surface area (Å²) in [6.45, 7) is 5.67. The van der Waals surface area contributed by atoms with Crippen molar-refractivity contribution in [1.29, 1.82) is 0 Å². The topological polar surface area (TPSA) is 55.1 Å². The monoisotopic (exact) mass is 242 g/mol. The van der Waals surface area contributed by atoms with Gasteiger partial charge in [-0.15, -0.1) is 0 Å². The van der Waals surface area contributed by atoms with Crippen molar-refractivity contribution in [2.24, 2.45) is 5.41 Å². The number of nitrogen functional groups attached to an aromatic ring is 1. The van der Waals surface area contributed by atoms with Gasteiger partial charge in [0.25, 0.3) is 0 Å². The van der Waals surface area contributed by atoms with Crippen molar-refractivity contribution in [2.75, 3.05) is 11.1 Å². The molecule has 3 N–H and O–H groups in total. The van der Waals surface area contributed by atoms with Crippen molar-refractivity contribution >= 4 is 28.1 Å². The Kier molecular flexibility index (Phi) is 2.99. The third-order valence-corrected chi connectivity index (χ3v) is 2.84. The molecule has 3 heteroatoms. The van der Waals surface area contributed by atoms with E-state index in [1.54, 1.807) is 0 Å². The second kappa shape index (κ2) is 4.33. The molecule has 2 aromatic carbocycles. The Balaban J connectivity index is 2.45. The van der Waals surface area contributed by atoms with Crippen LogP contribution in [0.1, 0.15) is 20.8 Å². The number of carbonyl (C=O) groups excluding carboxylic acids is 1. The summed E-state index contributed by atoms with van der Waals surface area (Å²) in [5.74, 6) is -0.00238. The number of hydrogen-bond acceptors (Lipinski definition) is 2. The molecule has 0 heterocycles. The standard InChI is InChI=1S/C15H18N2O/c1-15(2,3)14(18)17-13-6-4-5-10-7-8-11(16)9-12(10)13/h4-9H,16H2,1-3H3,(H,17,18). The van der Waals surface area contributed by atoms with Crippen molar-refractivity contribution in [3.8, 4) is 0 Å². The molecule has 0 fully saturated rings. The van der Waals surface area contributed by atoms with E-state index in [2.05, 4.69) is 5.32 Å². The molecule has 0 saturated carbocycles. The summed E-state index contributed by atoms with van der Waals surface area (Å²) in [5, 5.41) is 4.99. The second-order valence-electron chi connectivity index (χ2n) is 5.49. The SMILES string of the molecule is CC(C)(C)C(=O)Nc1cccc2ccc(N)cc12. The molecule has 0 saturated heterocycles. The van der Waals surface area contributed by atoms with E-state index in [1.165, 1.54) is 0 Å². The third-order valence-electron chi connectivity index (χ3n) is 2.84. The van der Waals surface area contributed by atoms with Gasteiger partial charge >= 0.3 is 0 Å². The Bertz CT molecular complexity index is 597. The first-order valence-corrected chi connectivity index (χ1v) is 5.97. The predicted octanol–water partition coefficient (Wildman–Crippen LogP) is 3.41. The highest BCUT2D eigenvalue weighted by molar-refractivity contribution is 6.04. The normalized spacial score (nSPS) is 11.5. The third kappa shape index (κ3) is 2.45. The smallest absolute Gasteiger partial charge is 0.229 e. The van der Waals surface area contributed by atoms with Crippen LogP contribution in [-0.4, -0.2) is 5.91 Å². The highest BCUT2D eigenvalue weighted by Crippen LogP contribution is 2.27. The van der Waals surface area contributed by atoms with Crippen LogP contribution in [0.2, 0.25) is 0 Å². The fourth-order valence-corrected chi connectivity index (χ4v) is 1.71. The van der Waals surface area contributed by atoms with Crippen molar-refractivity contribution < 1.29 is 4.79 Å². The molecular formula is C15H18N2O. The van der Waals surface area contributed by atoms with Gasteiger partial charge in [-0.2, -0.15) is 0 Å². The molecule has 0 radical (unpaired) electrons. The average Bonchev–Trinajstić information content (AvgIpc) is 2.28. The predicted molar refractivity (Wildman–Crippen MR) is 76.4 cm³/mol. The summed E-state index contributed by atoms with van der Waals surface area (Å²) >= 11 is 0. The largest absolute Gasteiger partial charge is 0.399 e. The van der Waals surface area contributed by atoms with Crippen molar-refractivity contribution in [2.45, 2.75) is 20.8 Å². The van der Waals surface area contributed by atoms with Crippen LogP contribution in [0.3, 0.4) is 0 Å². The van der Waals surface area contributed by atoms with E-state index in [1.807, 2.05) is 57.2 Å². The highest BCUT2D eigenvalue weighted by Gasteiger charge is 2.21. The molecule has 0 spiro atoms. The number of nitrogens with two attached hydrogens (primary N) is 1. The van der Waals surface area contributed by atoms with E-state index < -0.39 is 5.41 Å². The van der Waals surface area contributed by atoms with Gasteiger partial charge in [0.05, 0.1) is 0 Å². The quantitative estimate of drug-likeness (QED) is 0.753. The zero-order valence-corrected chi connectivity index (χ0v) is 10.9. The lowest BCUT2D eigenvalue weighted by Crippen LogP contribution is -2.27. The lowest BCUT2D eigenvalue weighted by Gasteiger charge is -2.18. The van der Waals surface area contributed by atoms with E-state index in [4.69, 9.17) is 5.73 Å². The minimum Gasteiger partial charge on any atom is -0.399 e. The van der Waals surface area contributed by atoms with Crippen LogP contribution in [0.5, 0.6) is 0 Å². The molecule has 3 nitrogen and oxygen atoms in total. The summed E-state index contributed by atoms with van der Waals surface area (Å²) < 4.78 is 0. The maximum absolute atomic E-state index is 12.0.